The molecule has 8 nitrogen and oxygen atoms in total. The molecule has 1 amide bonds. The molecule has 4 heterocycles. The maximum atomic E-state index is 13.5. The molecule has 45 heavy (non-hydrogen) atoms. The molecule has 10 heteroatoms. The van der Waals surface area contributed by atoms with Crippen molar-refractivity contribution in [1.82, 2.24) is 19.4 Å². The number of primary sulfonamides is 1. The number of carbonyl (C=O) groups is 1. The van der Waals surface area contributed by atoms with Crippen LogP contribution in [0.25, 0.3) is 11.0 Å². The van der Waals surface area contributed by atoms with Gasteiger partial charge in [0.25, 0.3) is 5.91 Å². The fourth-order valence-corrected chi connectivity index (χ4v) is 9.29. The number of likely N-dealkylation sites (tertiary alicyclic amines) is 1. The monoisotopic (exact) mass is 645 g/mol. The van der Waals surface area contributed by atoms with Crippen LogP contribution in [-0.2, 0) is 15.4 Å². The number of amides is 1. The van der Waals surface area contributed by atoms with E-state index in [0.29, 0.717) is 36.8 Å². The van der Waals surface area contributed by atoms with Gasteiger partial charge in [-0.1, -0.05) is 54.1 Å². The van der Waals surface area contributed by atoms with Crippen LogP contribution >= 0.6 is 11.6 Å². The third kappa shape index (κ3) is 5.69. The summed E-state index contributed by atoms with van der Waals surface area (Å²) in [5.41, 5.74) is 3.96. The number of carbonyl (C=O) groups excluding carboxylic acids is 1. The second-order valence-corrected chi connectivity index (χ2v) is 15.1. The van der Waals surface area contributed by atoms with E-state index in [2.05, 4.69) is 71.0 Å². The van der Waals surface area contributed by atoms with Gasteiger partial charge in [-0.15, -0.1) is 0 Å². The molecule has 3 aliphatic rings. The highest BCUT2D eigenvalue weighted by Gasteiger charge is 2.44. The van der Waals surface area contributed by atoms with Crippen LogP contribution in [0.4, 0.5) is 0 Å². The van der Waals surface area contributed by atoms with Crippen LogP contribution in [0, 0.1) is 6.92 Å². The Morgan fingerprint density at radius 3 is 2.29 bits per heavy atom. The lowest BCUT2D eigenvalue weighted by molar-refractivity contribution is 0.0607. The number of imidazole rings is 1. The van der Waals surface area contributed by atoms with Crippen molar-refractivity contribution < 1.29 is 13.2 Å². The maximum Gasteiger partial charge on any atom is 0.255 e. The number of nitrogens with two attached hydrogens (primary N) is 1. The first kappa shape index (κ1) is 30.4. The Bertz CT molecular complexity index is 1820. The van der Waals surface area contributed by atoms with Crippen molar-refractivity contribution >= 4 is 38.6 Å². The first-order chi connectivity index (χ1) is 21.6. The van der Waals surface area contributed by atoms with Crippen LogP contribution in [0.2, 0.25) is 5.02 Å². The van der Waals surface area contributed by atoms with Crippen molar-refractivity contribution in [3.8, 4) is 0 Å². The Kier molecular flexibility index (Phi) is 8.01. The van der Waals surface area contributed by atoms with Gasteiger partial charge in [0.1, 0.15) is 5.82 Å². The lowest BCUT2D eigenvalue weighted by atomic mass is 9.70. The summed E-state index contributed by atoms with van der Waals surface area (Å²) in [6, 6.07) is 25.0. The van der Waals surface area contributed by atoms with Gasteiger partial charge in [0.15, 0.2) is 0 Å². The zero-order valence-corrected chi connectivity index (χ0v) is 27.2. The molecule has 4 aromatic rings. The summed E-state index contributed by atoms with van der Waals surface area (Å²) < 4.78 is 26.0. The summed E-state index contributed by atoms with van der Waals surface area (Å²) >= 11 is 6.37. The smallest absolute Gasteiger partial charge is 0.255 e. The average molecular weight is 646 g/mol. The van der Waals surface area contributed by atoms with Gasteiger partial charge in [-0.25, -0.2) is 18.5 Å². The Hall–Kier alpha value is -3.24. The third-order valence-electron chi connectivity index (χ3n) is 10.7. The normalized spacial score (nSPS) is 23.4. The van der Waals surface area contributed by atoms with E-state index >= 15 is 0 Å². The number of hydrogen-bond acceptors (Lipinski definition) is 5. The molecule has 0 aliphatic carbocycles. The maximum absolute atomic E-state index is 13.5. The van der Waals surface area contributed by atoms with E-state index in [1.54, 1.807) is 0 Å². The summed E-state index contributed by atoms with van der Waals surface area (Å²) in [7, 11) is -3.90. The second-order valence-electron chi connectivity index (χ2n) is 13.1. The highest BCUT2D eigenvalue weighted by molar-refractivity contribution is 7.89. The summed E-state index contributed by atoms with van der Waals surface area (Å²) in [5.74, 6) is 0.935. The van der Waals surface area contributed by atoms with Gasteiger partial charge in [0.05, 0.1) is 26.5 Å². The lowest BCUT2D eigenvalue weighted by Gasteiger charge is -2.45. The number of benzene rings is 3. The number of rotatable bonds is 7. The quantitative estimate of drug-likeness (QED) is 0.263. The molecule has 2 unspecified atom stereocenters. The van der Waals surface area contributed by atoms with Crippen molar-refractivity contribution in [2.24, 2.45) is 5.14 Å². The highest BCUT2D eigenvalue weighted by Crippen LogP contribution is 2.45. The number of halogens is 1. The fourth-order valence-electron chi connectivity index (χ4n) is 8.42. The highest BCUT2D eigenvalue weighted by atomic mass is 35.5. The van der Waals surface area contributed by atoms with E-state index in [9.17, 15) is 13.2 Å². The lowest BCUT2D eigenvalue weighted by Crippen LogP contribution is -2.49. The van der Waals surface area contributed by atoms with E-state index in [1.165, 1.54) is 42.1 Å². The van der Waals surface area contributed by atoms with Gasteiger partial charge < -0.3 is 9.47 Å². The van der Waals surface area contributed by atoms with Gasteiger partial charge in [0.2, 0.25) is 10.0 Å². The van der Waals surface area contributed by atoms with Crippen molar-refractivity contribution in [2.75, 3.05) is 19.6 Å². The van der Waals surface area contributed by atoms with Gasteiger partial charge in [-0.3, -0.25) is 9.69 Å². The molecule has 3 saturated heterocycles. The van der Waals surface area contributed by atoms with E-state index in [-0.39, 0.29) is 21.2 Å². The Morgan fingerprint density at radius 2 is 1.62 bits per heavy atom. The number of hydrogen-bond donors (Lipinski definition) is 1. The Morgan fingerprint density at radius 1 is 0.956 bits per heavy atom. The number of para-hydroxylation sites is 2. The van der Waals surface area contributed by atoms with Crippen LogP contribution in [0.5, 0.6) is 0 Å². The van der Waals surface area contributed by atoms with Crippen LogP contribution in [0.3, 0.4) is 0 Å². The molecule has 7 rings (SSSR count). The minimum atomic E-state index is -3.90. The van der Waals surface area contributed by atoms with E-state index in [4.69, 9.17) is 21.7 Å². The zero-order chi connectivity index (χ0) is 31.3. The van der Waals surface area contributed by atoms with Gasteiger partial charge in [-0.05, 0) is 99.7 Å². The van der Waals surface area contributed by atoms with E-state index in [0.717, 1.165) is 50.0 Å². The fraction of sp³-hybridized carbons (Fsp3) is 0.429. The zero-order valence-electron chi connectivity index (χ0n) is 25.6. The Balaban J connectivity index is 1.06. The summed E-state index contributed by atoms with van der Waals surface area (Å²) in [6.07, 6.45) is 7.58. The predicted octanol–water partition coefficient (Wildman–Crippen LogP) is 6.08. The molecule has 1 aromatic heterocycles. The molecule has 2 N–H and O–H groups in total. The van der Waals surface area contributed by atoms with E-state index < -0.39 is 10.0 Å². The van der Waals surface area contributed by atoms with Crippen molar-refractivity contribution in [3.05, 3.63) is 94.8 Å². The molecule has 2 bridgehead atoms. The number of sulfonamides is 1. The van der Waals surface area contributed by atoms with Gasteiger partial charge in [-0.2, -0.15) is 0 Å². The molecular weight excluding hydrogens is 606 g/mol. The Labute approximate surface area is 270 Å². The predicted molar refractivity (Wildman–Crippen MR) is 177 cm³/mol. The molecule has 0 radical (unpaired) electrons. The van der Waals surface area contributed by atoms with Crippen LogP contribution < -0.4 is 5.14 Å². The summed E-state index contributed by atoms with van der Waals surface area (Å²) in [4.78, 5) is 22.9. The van der Waals surface area contributed by atoms with Crippen molar-refractivity contribution in [1.29, 1.82) is 0 Å². The largest absolute Gasteiger partial charge is 0.339 e. The molecule has 0 saturated carbocycles. The molecule has 3 aromatic carbocycles. The molecule has 236 valence electrons. The number of nitrogens with zero attached hydrogens (tertiary/aromatic N) is 4. The number of fused-ring (bicyclic) bond motifs is 3. The van der Waals surface area contributed by atoms with Crippen LogP contribution in [0.1, 0.15) is 72.7 Å². The minimum absolute atomic E-state index is 0.0211. The first-order valence-corrected chi connectivity index (χ1v) is 17.9. The summed E-state index contributed by atoms with van der Waals surface area (Å²) in [6.45, 7) is 4.42. The molecule has 2 atom stereocenters. The summed E-state index contributed by atoms with van der Waals surface area (Å²) in [5, 5.41) is 5.35. The van der Waals surface area contributed by atoms with Crippen molar-refractivity contribution in [2.45, 2.75) is 80.3 Å². The van der Waals surface area contributed by atoms with Crippen molar-refractivity contribution in [3.63, 3.8) is 0 Å². The van der Waals surface area contributed by atoms with E-state index in [1.807, 2.05) is 4.90 Å². The first-order valence-electron chi connectivity index (χ1n) is 16.0. The minimum Gasteiger partial charge on any atom is -0.339 e. The number of aromatic nitrogens is 2. The second kappa shape index (κ2) is 11.8. The standard InChI is InChI=1S/C35H40ClN5O3S/c1-24-38-32-9-5-6-10-33(32)41(24)28-21-26-11-12-27(22-28)40(26)20-17-35(25-7-3-2-4-8-25)15-18-39(19-16-35)34(42)30-14-13-29(23-31(30)36)45(37,43)44/h2-10,13-14,23,26-28H,11-12,15-22H2,1H3,(H2,37,43,44). The van der Waals surface area contributed by atoms with Crippen LogP contribution in [0.15, 0.2) is 77.7 Å². The topological polar surface area (TPSA) is 102 Å². The van der Waals surface area contributed by atoms with Crippen LogP contribution in [-0.4, -0.2) is 65.4 Å². The molecular formula is C35H40ClN5O3S. The molecule has 3 aliphatic heterocycles. The average Bonchev–Trinajstić information content (AvgIpc) is 3.50. The SMILES string of the molecule is Cc1nc2ccccc2n1C1CC2CCC(C1)N2CCC1(c2ccccc2)CCN(C(=O)c2ccc(S(N)(=O)=O)cc2Cl)CC1. The number of piperidine rings is 2. The third-order valence-corrected chi connectivity index (χ3v) is 12.0. The molecule has 3 fully saturated rings. The molecule has 0 spiro atoms. The van der Waals surface area contributed by atoms with Gasteiger partial charge in [0, 0.05) is 31.2 Å². The van der Waals surface area contributed by atoms with Gasteiger partial charge >= 0.3 is 0 Å². The number of aryl methyl sites for hydroxylation is 1.